The molecule has 0 radical (unpaired) electrons. The van der Waals surface area contributed by atoms with Crippen molar-refractivity contribution in [1.29, 1.82) is 0 Å². The predicted octanol–water partition coefficient (Wildman–Crippen LogP) is -0.353. The molecule has 3 rings (SSSR count). The number of fused-ring (bicyclic) bond motifs is 2. The Balaban J connectivity index is 2.71. The fraction of sp³-hybridized carbons (Fsp3) is 0.286. The van der Waals surface area contributed by atoms with Crippen molar-refractivity contribution < 1.29 is 0 Å². The van der Waals surface area contributed by atoms with Gasteiger partial charge in [-0.25, -0.2) is 0 Å². The zero-order valence-corrected chi connectivity index (χ0v) is 11.9. The molecular weight excluding hydrogens is 252 g/mol. The Labute approximate surface area is 114 Å². The van der Waals surface area contributed by atoms with Crippen LogP contribution in [0.25, 0.3) is 21.5 Å². The minimum Gasteiger partial charge on any atom is -0.325 e. The van der Waals surface area contributed by atoms with Gasteiger partial charge in [0, 0.05) is 49.7 Å². The molecule has 0 aliphatic rings. The molecule has 2 aromatic heterocycles. The van der Waals surface area contributed by atoms with Crippen LogP contribution in [0.4, 0.5) is 0 Å². The van der Waals surface area contributed by atoms with Crippen LogP contribution in [0.3, 0.4) is 0 Å². The Morgan fingerprint density at radius 3 is 1.00 bits per heavy atom. The summed E-state index contributed by atoms with van der Waals surface area (Å²) in [7, 11) is 7.07. The molecule has 102 valence electrons. The molecule has 0 spiro atoms. The monoisotopic (exact) mass is 268 g/mol. The average Bonchev–Trinajstić information content (AvgIpc) is 3.02. The van der Waals surface area contributed by atoms with Gasteiger partial charge in [0.2, 0.25) is 0 Å². The molecule has 2 heterocycles. The third kappa shape index (κ3) is 1.57. The van der Waals surface area contributed by atoms with Crippen LogP contribution in [-0.4, -0.2) is 38.2 Å². The normalized spacial score (nSPS) is 16.2. The number of nitrogens with zero attached hydrogens (tertiary/aromatic N) is 4. The SMILES string of the molecule is C/N=c1\[nH]/c(=N\C)c2cc3/c(=N/C)[nH]/c(=N\C)c3cc12. The van der Waals surface area contributed by atoms with E-state index >= 15 is 0 Å². The molecule has 20 heavy (non-hydrogen) atoms. The van der Waals surface area contributed by atoms with Gasteiger partial charge in [0.05, 0.1) is 0 Å². The van der Waals surface area contributed by atoms with Gasteiger partial charge in [0.15, 0.2) is 0 Å². The van der Waals surface area contributed by atoms with Gasteiger partial charge >= 0.3 is 0 Å². The maximum atomic E-state index is 4.28. The molecule has 0 atom stereocenters. The zero-order valence-electron chi connectivity index (χ0n) is 11.9. The Hall–Kier alpha value is -2.50. The van der Waals surface area contributed by atoms with Crippen molar-refractivity contribution in [3.05, 3.63) is 34.1 Å². The second-order valence-electron chi connectivity index (χ2n) is 4.48. The van der Waals surface area contributed by atoms with Crippen LogP contribution in [0.2, 0.25) is 0 Å². The van der Waals surface area contributed by atoms with E-state index in [0.717, 1.165) is 43.5 Å². The molecule has 1 aromatic carbocycles. The zero-order chi connectivity index (χ0) is 14.3. The largest absolute Gasteiger partial charge is 0.325 e. The van der Waals surface area contributed by atoms with Crippen LogP contribution in [-0.2, 0) is 0 Å². The number of aromatic amines is 2. The fourth-order valence-electron chi connectivity index (χ4n) is 2.58. The molecule has 0 bridgehead atoms. The van der Waals surface area contributed by atoms with E-state index in [1.807, 2.05) is 0 Å². The summed E-state index contributed by atoms with van der Waals surface area (Å²) in [4.78, 5) is 23.6. The van der Waals surface area contributed by atoms with Crippen LogP contribution in [0.1, 0.15) is 0 Å². The summed E-state index contributed by atoms with van der Waals surface area (Å²) in [5.74, 6) is 0. The third-order valence-electron chi connectivity index (χ3n) is 3.55. The number of rotatable bonds is 0. The Morgan fingerprint density at radius 1 is 0.550 bits per heavy atom. The minimum absolute atomic E-state index is 0.834. The summed E-state index contributed by atoms with van der Waals surface area (Å²) >= 11 is 0. The van der Waals surface area contributed by atoms with Crippen LogP contribution in [0.15, 0.2) is 32.1 Å². The van der Waals surface area contributed by atoms with Crippen LogP contribution in [0.5, 0.6) is 0 Å². The van der Waals surface area contributed by atoms with E-state index in [2.05, 4.69) is 42.1 Å². The maximum absolute atomic E-state index is 4.28. The molecule has 0 aliphatic carbocycles. The summed E-state index contributed by atoms with van der Waals surface area (Å²) in [6.07, 6.45) is 0. The van der Waals surface area contributed by atoms with Gasteiger partial charge in [0.25, 0.3) is 0 Å². The van der Waals surface area contributed by atoms with E-state index in [1.165, 1.54) is 0 Å². The van der Waals surface area contributed by atoms with E-state index in [0.29, 0.717) is 0 Å². The first kappa shape index (κ1) is 12.5. The van der Waals surface area contributed by atoms with Gasteiger partial charge in [0.1, 0.15) is 22.0 Å². The number of hydrogen-bond donors (Lipinski definition) is 2. The van der Waals surface area contributed by atoms with Crippen molar-refractivity contribution in [2.45, 2.75) is 0 Å². The lowest BCUT2D eigenvalue weighted by Crippen LogP contribution is -2.10. The molecule has 2 N–H and O–H groups in total. The fourth-order valence-corrected chi connectivity index (χ4v) is 2.58. The molecular formula is C14H16N6. The summed E-state index contributed by atoms with van der Waals surface area (Å²) in [5, 5.41) is 4.19. The lowest BCUT2D eigenvalue weighted by atomic mass is 10.1. The summed E-state index contributed by atoms with van der Waals surface area (Å²) in [6, 6.07) is 4.18. The highest BCUT2D eigenvalue weighted by molar-refractivity contribution is 5.97. The number of aromatic nitrogens is 2. The molecule has 0 saturated carbocycles. The first-order valence-electron chi connectivity index (χ1n) is 6.34. The highest BCUT2D eigenvalue weighted by Crippen LogP contribution is 2.13. The average molecular weight is 268 g/mol. The van der Waals surface area contributed by atoms with Crippen LogP contribution < -0.4 is 22.0 Å². The van der Waals surface area contributed by atoms with Gasteiger partial charge in [-0.1, -0.05) is 0 Å². The Morgan fingerprint density at radius 2 is 0.800 bits per heavy atom. The van der Waals surface area contributed by atoms with Gasteiger partial charge in [-0.05, 0) is 12.1 Å². The molecule has 0 fully saturated rings. The van der Waals surface area contributed by atoms with E-state index < -0.39 is 0 Å². The third-order valence-corrected chi connectivity index (χ3v) is 3.55. The van der Waals surface area contributed by atoms with Crippen molar-refractivity contribution in [2.24, 2.45) is 20.0 Å². The Bertz CT molecular complexity index is 873. The molecule has 6 heteroatoms. The van der Waals surface area contributed by atoms with E-state index in [1.54, 1.807) is 28.2 Å². The van der Waals surface area contributed by atoms with Crippen molar-refractivity contribution in [3.8, 4) is 0 Å². The molecule has 3 aromatic rings. The van der Waals surface area contributed by atoms with Crippen molar-refractivity contribution >= 4 is 21.5 Å². The first-order chi connectivity index (χ1) is 9.73. The number of nitrogens with one attached hydrogen (secondary N) is 2. The second kappa shape index (κ2) is 4.56. The number of hydrogen-bond acceptors (Lipinski definition) is 4. The highest BCUT2D eigenvalue weighted by Gasteiger charge is 2.09. The standard InChI is InChI=1S/C14H16N6/c1-15-11-7-5-9-10(6-8(7)12(16-2)19-11)14(18-4)20-13(9)17-3/h5-6H,1-4H3,(H,15,16,19)(H,17,18,20). The molecule has 0 aliphatic heterocycles. The Kier molecular flexibility index (Phi) is 2.85. The maximum Gasteiger partial charge on any atom is 0.134 e. The lowest BCUT2D eigenvalue weighted by Gasteiger charge is -1.91. The first-order valence-corrected chi connectivity index (χ1v) is 6.34. The number of H-pyrrole nitrogens is 2. The lowest BCUT2D eigenvalue weighted by molar-refractivity contribution is 1.08. The van der Waals surface area contributed by atoms with Crippen molar-refractivity contribution in [3.63, 3.8) is 0 Å². The molecule has 0 saturated heterocycles. The molecule has 6 nitrogen and oxygen atoms in total. The predicted molar refractivity (Wildman–Crippen MR) is 78.5 cm³/mol. The summed E-state index contributed by atoms with van der Waals surface area (Å²) < 4.78 is 0. The van der Waals surface area contributed by atoms with E-state index in [-0.39, 0.29) is 0 Å². The minimum atomic E-state index is 0.834. The molecule has 0 unspecified atom stereocenters. The van der Waals surface area contributed by atoms with E-state index in [9.17, 15) is 0 Å². The highest BCUT2D eigenvalue weighted by atomic mass is 14.9. The number of benzene rings is 1. The van der Waals surface area contributed by atoms with E-state index in [4.69, 9.17) is 0 Å². The smallest absolute Gasteiger partial charge is 0.134 e. The van der Waals surface area contributed by atoms with Gasteiger partial charge in [-0.3, -0.25) is 20.0 Å². The topological polar surface area (TPSA) is 81.0 Å². The van der Waals surface area contributed by atoms with Crippen molar-refractivity contribution in [1.82, 2.24) is 9.97 Å². The quantitative estimate of drug-likeness (QED) is 0.559. The van der Waals surface area contributed by atoms with Crippen LogP contribution in [0, 0.1) is 0 Å². The molecule has 0 amide bonds. The van der Waals surface area contributed by atoms with Gasteiger partial charge < -0.3 is 9.97 Å². The van der Waals surface area contributed by atoms with Gasteiger partial charge in [-0.2, -0.15) is 0 Å². The van der Waals surface area contributed by atoms with Gasteiger partial charge in [-0.15, -0.1) is 0 Å². The van der Waals surface area contributed by atoms with Crippen molar-refractivity contribution in [2.75, 3.05) is 28.2 Å². The summed E-state index contributed by atoms with van der Waals surface area (Å²) in [6.45, 7) is 0. The summed E-state index contributed by atoms with van der Waals surface area (Å²) in [5.41, 5.74) is 3.34. The second-order valence-corrected chi connectivity index (χ2v) is 4.48. The van der Waals surface area contributed by atoms with Crippen LogP contribution >= 0.6 is 0 Å².